The van der Waals surface area contributed by atoms with Gasteiger partial charge in [0.2, 0.25) is 10.0 Å². The molecule has 1 amide bonds. The molecule has 2 N–H and O–H groups in total. The second-order valence-corrected chi connectivity index (χ2v) is 12.4. The molecule has 2 heterocycles. The van der Waals surface area contributed by atoms with Crippen LogP contribution in [0.15, 0.2) is 36.7 Å². The Kier molecular flexibility index (Phi) is 8.36. The molecule has 1 saturated heterocycles. The monoisotopic (exact) mass is 578 g/mol. The van der Waals surface area contributed by atoms with Crippen molar-refractivity contribution in [2.75, 3.05) is 46.9 Å². The number of anilines is 4. The van der Waals surface area contributed by atoms with Crippen LogP contribution in [0, 0.1) is 5.82 Å². The third-order valence-electron chi connectivity index (χ3n) is 5.94. The van der Waals surface area contributed by atoms with Gasteiger partial charge < -0.3 is 19.9 Å². The molecule has 2 aromatic carbocycles. The molecule has 0 atom stereocenters. The van der Waals surface area contributed by atoms with Gasteiger partial charge in [-0.1, -0.05) is 18.5 Å². The smallest absolute Gasteiger partial charge is 0.410 e. The minimum Gasteiger partial charge on any atom is -0.444 e. The number of piperazine rings is 1. The van der Waals surface area contributed by atoms with Crippen LogP contribution in [-0.2, 0) is 14.8 Å². The molecule has 39 heavy (non-hydrogen) atoms. The molecule has 10 nitrogen and oxygen atoms in total. The first-order chi connectivity index (χ1) is 18.4. The van der Waals surface area contributed by atoms with Crippen LogP contribution < -0.4 is 14.9 Å². The number of nitrogens with one attached hydrogen (secondary N) is 2. The van der Waals surface area contributed by atoms with E-state index in [1.54, 1.807) is 30.0 Å². The summed E-state index contributed by atoms with van der Waals surface area (Å²) in [5, 5.41) is 3.62. The number of carbonyl (C=O) groups is 1. The Morgan fingerprint density at radius 1 is 1.13 bits per heavy atom. The molecule has 1 aliphatic heterocycles. The third kappa shape index (κ3) is 6.99. The first kappa shape index (κ1) is 28.6. The first-order valence-electron chi connectivity index (χ1n) is 12.6. The largest absolute Gasteiger partial charge is 0.444 e. The fraction of sp³-hybridized carbons (Fsp3) is 0.423. The highest BCUT2D eigenvalue weighted by Gasteiger charge is 2.27. The van der Waals surface area contributed by atoms with Crippen molar-refractivity contribution in [1.29, 1.82) is 0 Å². The topological polar surface area (TPSA) is 117 Å². The van der Waals surface area contributed by atoms with Gasteiger partial charge in [-0.3, -0.25) is 4.72 Å². The molecule has 0 bridgehead atoms. The summed E-state index contributed by atoms with van der Waals surface area (Å²) in [5.74, 6) is -0.0374. The van der Waals surface area contributed by atoms with E-state index in [0.29, 0.717) is 49.6 Å². The van der Waals surface area contributed by atoms with E-state index in [4.69, 9.17) is 16.3 Å². The summed E-state index contributed by atoms with van der Waals surface area (Å²) in [6, 6.07) is 7.73. The molecule has 1 aliphatic rings. The lowest BCUT2D eigenvalue weighted by Crippen LogP contribution is -2.50. The van der Waals surface area contributed by atoms with E-state index in [2.05, 4.69) is 24.9 Å². The Balaban J connectivity index is 1.57. The zero-order valence-corrected chi connectivity index (χ0v) is 23.9. The number of rotatable bonds is 7. The summed E-state index contributed by atoms with van der Waals surface area (Å²) in [4.78, 5) is 25.0. The van der Waals surface area contributed by atoms with Gasteiger partial charge in [0.25, 0.3) is 0 Å². The number of ether oxygens (including phenoxy) is 1. The molecule has 4 rings (SSSR count). The van der Waals surface area contributed by atoms with Gasteiger partial charge in [-0.2, -0.15) is 0 Å². The quantitative estimate of drug-likeness (QED) is 0.384. The molecule has 210 valence electrons. The van der Waals surface area contributed by atoms with Crippen molar-refractivity contribution in [3.63, 3.8) is 0 Å². The van der Waals surface area contributed by atoms with E-state index in [-0.39, 0.29) is 28.2 Å². The zero-order valence-electron chi connectivity index (χ0n) is 22.3. The second-order valence-electron chi connectivity index (χ2n) is 10.2. The van der Waals surface area contributed by atoms with Gasteiger partial charge in [0.15, 0.2) is 0 Å². The molecule has 0 radical (unpaired) electrons. The maximum atomic E-state index is 14.8. The van der Waals surface area contributed by atoms with Crippen LogP contribution in [0.3, 0.4) is 0 Å². The van der Waals surface area contributed by atoms with Crippen molar-refractivity contribution in [1.82, 2.24) is 14.9 Å². The number of aromatic nitrogens is 2. The molecule has 3 aromatic rings. The van der Waals surface area contributed by atoms with Crippen LogP contribution in [-0.4, -0.2) is 66.9 Å². The second kappa shape index (κ2) is 11.4. The molecule has 0 aliphatic carbocycles. The van der Waals surface area contributed by atoms with Gasteiger partial charge in [-0.15, -0.1) is 0 Å². The number of nitrogens with zero attached hydrogens (tertiary/aromatic N) is 4. The Morgan fingerprint density at radius 2 is 1.85 bits per heavy atom. The van der Waals surface area contributed by atoms with Crippen LogP contribution in [0.25, 0.3) is 10.9 Å². The van der Waals surface area contributed by atoms with E-state index < -0.39 is 21.4 Å². The van der Waals surface area contributed by atoms with Crippen LogP contribution in [0.2, 0.25) is 5.02 Å². The number of fused-ring (bicyclic) bond motifs is 1. The van der Waals surface area contributed by atoms with Gasteiger partial charge in [-0.25, -0.2) is 27.6 Å². The lowest BCUT2D eigenvalue weighted by Gasteiger charge is -2.36. The molecular formula is C26H32ClFN6O4S. The minimum atomic E-state index is -3.61. The van der Waals surface area contributed by atoms with E-state index >= 15 is 0 Å². The first-order valence-corrected chi connectivity index (χ1v) is 14.6. The molecular weight excluding hydrogens is 547 g/mol. The number of hydrogen-bond donors (Lipinski definition) is 2. The SMILES string of the molecule is CCCS(=O)(=O)Nc1ccc(F)c(Nc2ccc3ncnc(N4CCN(C(=O)OC(C)(C)C)CC4)c3c2)c1Cl. The lowest BCUT2D eigenvalue weighted by atomic mass is 10.1. The number of sulfonamides is 1. The Bertz CT molecular complexity index is 1470. The molecule has 1 fully saturated rings. The summed E-state index contributed by atoms with van der Waals surface area (Å²) in [5.41, 5.74) is 0.661. The van der Waals surface area contributed by atoms with Crippen molar-refractivity contribution in [3.8, 4) is 0 Å². The van der Waals surface area contributed by atoms with Gasteiger partial charge in [-0.05, 0) is 57.5 Å². The fourth-order valence-electron chi connectivity index (χ4n) is 4.18. The van der Waals surface area contributed by atoms with Gasteiger partial charge in [0.05, 0.1) is 27.7 Å². The lowest BCUT2D eigenvalue weighted by molar-refractivity contribution is 0.0240. The number of carbonyl (C=O) groups excluding carboxylic acids is 1. The van der Waals surface area contributed by atoms with Crippen molar-refractivity contribution in [2.45, 2.75) is 39.7 Å². The predicted octanol–water partition coefficient (Wildman–Crippen LogP) is 5.37. The summed E-state index contributed by atoms with van der Waals surface area (Å²) >= 11 is 6.42. The number of hydrogen-bond acceptors (Lipinski definition) is 8. The molecule has 0 unspecified atom stereocenters. The summed E-state index contributed by atoms with van der Waals surface area (Å²) < 4.78 is 47.1. The Hall–Kier alpha value is -3.38. The fourth-order valence-corrected chi connectivity index (χ4v) is 5.63. The van der Waals surface area contributed by atoms with E-state index in [0.717, 1.165) is 11.5 Å². The standard InChI is InChI=1S/C26H32ClFN6O4S/c1-5-14-39(36,37)32-21-9-7-19(28)23(22(21)27)31-17-6-8-20-18(15-17)24(30-16-29-20)33-10-12-34(13-11-33)25(35)38-26(2,3)4/h6-9,15-16,31-32H,5,10-14H2,1-4H3. The van der Waals surface area contributed by atoms with Gasteiger partial charge in [0.1, 0.15) is 23.6 Å². The Morgan fingerprint density at radius 3 is 2.51 bits per heavy atom. The van der Waals surface area contributed by atoms with Crippen molar-refractivity contribution in [2.24, 2.45) is 0 Å². The maximum absolute atomic E-state index is 14.8. The summed E-state index contributed by atoms with van der Waals surface area (Å²) in [7, 11) is -3.61. The van der Waals surface area contributed by atoms with Gasteiger partial charge >= 0.3 is 6.09 Å². The minimum absolute atomic E-state index is 0.0583. The van der Waals surface area contributed by atoms with Gasteiger partial charge in [0, 0.05) is 37.3 Å². The average Bonchev–Trinajstić information content (AvgIpc) is 2.87. The predicted molar refractivity (Wildman–Crippen MR) is 152 cm³/mol. The Labute approximate surface area is 232 Å². The van der Waals surface area contributed by atoms with Crippen LogP contribution in [0.1, 0.15) is 34.1 Å². The number of benzene rings is 2. The highest BCUT2D eigenvalue weighted by atomic mass is 35.5. The van der Waals surface area contributed by atoms with Crippen molar-refractivity contribution >= 4 is 61.5 Å². The zero-order chi connectivity index (χ0) is 28.4. The molecule has 0 spiro atoms. The van der Waals surface area contributed by atoms with Crippen LogP contribution in [0.4, 0.5) is 32.1 Å². The van der Waals surface area contributed by atoms with Crippen LogP contribution in [0.5, 0.6) is 0 Å². The third-order valence-corrected chi connectivity index (χ3v) is 7.81. The van der Waals surface area contributed by atoms with Crippen LogP contribution >= 0.6 is 11.6 Å². The molecule has 0 saturated carbocycles. The number of halogens is 2. The normalized spacial score (nSPS) is 14.4. The van der Waals surface area contributed by atoms with E-state index in [1.165, 1.54) is 12.4 Å². The highest BCUT2D eigenvalue weighted by Crippen LogP contribution is 2.36. The van der Waals surface area contributed by atoms with Crippen molar-refractivity contribution < 1.29 is 22.3 Å². The molecule has 1 aromatic heterocycles. The average molecular weight is 579 g/mol. The number of amides is 1. The van der Waals surface area contributed by atoms with Crippen molar-refractivity contribution in [3.05, 3.63) is 47.5 Å². The van der Waals surface area contributed by atoms with E-state index in [9.17, 15) is 17.6 Å². The highest BCUT2D eigenvalue weighted by molar-refractivity contribution is 7.92. The summed E-state index contributed by atoms with van der Waals surface area (Å²) in [6.07, 6.45) is 1.56. The van der Waals surface area contributed by atoms with E-state index in [1.807, 2.05) is 20.8 Å². The maximum Gasteiger partial charge on any atom is 0.410 e. The summed E-state index contributed by atoms with van der Waals surface area (Å²) in [6.45, 7) is 9.28. The molecule has 13 heteroatoms.